The average Bonchev–Trinajstić information content (AvgIpc) is 2.73. The quantitative estimate of drug-likeness (QED) is 0.293. The van der Waals surface area contributed by atoms with E-state index in [0.717, 1.165) is 36.7 Å². The van der Waals surface area contributed by atoms with Crippen LogP contribution in [-0.4, -0.2) is 43.1 Å². The summed E-state index contributed by atoms with van der Waals surface area (Å²) in [5, 5.41) is 4.56. The molecule has 1 N–H and O–H groups in total. The molecule has 2 aromatic carbocycles. The number of benzene rings is 2. The van der Waals surface area contributed by atoms with E-state index in [1.807, 2.05) is 24.4 Å². The molecule has 0 aliphatic carbocycles. The number of nitrogens with zero attached hydrogens (tertiary/aromatic N) is 3. The Hall–Kier alpha value is -2.35. The van der Waals surface area contributed by atoms with Gasteiger partial charge in [0, 0.05) is 38.3 Å². The standard InChI is InChI=1S/C23H28N4O.HI/c1-4-24-23(27(2)17-18-10-12-21(28-3)13-11-18)26-16-14-20-8-5-7-19-9-6-15-25-22(19)20;/h5-13,15H,4,14,16-17H2,1-3H3,(H,24,26);1H. The highest BCUT2D eigenvalue weighted by Crippen LogP contribution is 2.16. The molecule has 0 amide bonds. The van der Waals surface area contributed by atoms with Crippen LogP contribution in [-0.2, 0) is 13.0 Å². The first-order chi connectivity index (χ1) is 13.7. The zero-order valence-corrected chi connectivity index (χ0v) is 19.6. The summed E-state index contributed by atoms with van der Waals surface area (Å²) in [6.07, 6.45) is 2.71. The molecular formula is C23H29IN4O. The van der Waals surface area contributed by atoms with E-state index in [1.54, 1.807) is 7.11 Å². The number of fused-ring (bicyclic) bond motifs is 1. The van der Waals surface area contributed by atoms with Crippen molar-refractivity contribution in [2.45, 2.75) is 19.9 Å². The summed E-state index contributed by atoms with van der Waals surface area (Å²) < 4.78 is 5.23. The Morgan fingerprint density at radius 3 is 2.59 bits per heavy atom. The zero-order valence-electron chi connectivity index (χ0n) is 17.3. The van der Waals surface area contributed by atoms with Crippen molar-refractivity contribution in [2.24, 2.45) is 4.99 Å². The highest BCUT2D eigenvalue weighted by molar-refractivity contribution is 14.0. The van der Waals surface area contributed by atoms with Crippen LogP contribution in [0.3, 0.4) is 0 Å². The maximum Gasteiger partial charge on any atom is 0.193 e. The largest absolute Gasteiger partial charge is 0.497 e. The summed E-state index contributed by atoms with van der Waals surface area (Å²) in [6.45, 7) is 4.42. The van der Waals surface area contributed by atoms with Crippen LogP contribution >= 0.6 is 24.0 Å². The average molecular weight is 504 g/mol. The molecule has 0 saturated heterocycles. The van der Waals surface area contributed by atoms with Gasteiger partial charge in [-0.05, 0) is 42.7 Å². The van der Waals surface area contributed by atoms with Crippen molar-refractivity contribution < 1.29 is 4.74 Å². The molecule has 0 atom stereocenters. The molecule has 154 valence electrons. The third-order valence-electron chi connectivity index (χ3n) is 4.63. The lowest BCUT2D eigenvalue weighted by Crippen LogP contribution is -2.38. The number of halogens is 1. The number of rotatable bonds is 7. The van der Waals surface area contributed by atoms with E-state index in [9.17, 15) is 0 Å². The molecule has 0 fully saturated rings. The first kappa shape index (κ1) is 22.9. The number of hydrogen-bond acceptors (Lipinski definition) is 3. The normalized spacial score (nSPS) is 11.1. The Morgan fingerprint density at radius 2 is 1.86 bits per heavy atom. The van der Waals surface area contributed by atoms with E-state index >= 15 is 0 Å². The Kier molecular flexibility index (Phi) is 9.18. The predicted octanol–water partition coefficient (Wildman–Crippen LogP) is 4.50. The number of methoxy groups -OCH3 is 1. The zero-order chi connectivity index (χ0) is 19.8. The van der Waals surface area contributed by atoms with Crippen molar-refractivity contribution in [2.75, 3.05) is 27.2 Å². The SMILES string of the molecule is CCNC(=NCCc1cccc2cccnc12)N(C)Cc1ccc(OC)cc1.I. The van der Waals surface area contributed by atoms with E-state index in [2.05, 4.69) is 65.6 Å². The van der Waals surface area contributed by atoms with E-state index in [1.165, 1.54) is 16.5 Å². The van der Waals surface area contributed by atoms with Gasteiger partial charge in [0.15, 0.2) is 5.96 Å². The summed E-state index contributed by atoms with van der Waals surface area (Å²) in [7, 11) is 3.74. The van der Waals surface area contributed by atoms with Crippen LogP contribution in [0.5, 0.6) is 5.75 Å². The molecule has 3 rings (SSSR count). The van der Waals surface area contributed by atoms with Crippen molar-refractivity contribution in [1.82, 2.24) is 15.2 Å². The van der Waals surface area contributed by atoms with Gasteiger partial charge in [0.2, 0.25) is 0 Å². The van der Waals surface area contributed by atoms with Crippen molar-refractivity contribution in [3.05, 3.63) is 71.9 Å². The fourth-order valence-electron chi connectivity index (χ4n) is 3.20. The van der Waals surface area contributed by atoms with Gasteiger partial charge in [0.1, 0.15) is 5.75 Å². The van der Waals surface area contributed by atoms with E-state index in [0.29, 0.717) is 6.54 Å². The minimum atomic E-state index is 0. The highest BCUT2D eigenvalue weighted by Gasteiger charge is 2.07. The minimum Gasteiger partial charge on any atom is -0.497 e. The molecule has 0 radical (unpaired) electrons. The number of nitrogens with one attached hydrogen (secondary N) is 1. The van der Waals surface area contributed by atoms with Crippen molar-refractivity contribution in [3.8, 4) is 5.75 Å². The number of guanidine groups is 1. The third kappa shape index (κ3) is 6.32. The first-order valence-electron chi connectivity index (χ1n) is 9.66. The lowest BCUT2D eigenvalue weighted by molar-refractivity contribution is 0.414. The molecule has 6 heteroatoms. The van der Waals surface area contributed by atoms with Gasteiger partial charge in [-0.3, -0.25) is 9.98 Å². The second-order valence-electron chi connectivity index (χ2n) is 6.68. The predicted molar refractivity (Wildman–Crippen MR) is 131 cm³/mol. The first-order valence-corrected chi connectivity index (χ1v) is 9.66. The van der Waals surface area contributed by atoms with Crippen molar-refractivity contribution in [3.63, 3.8) is 0 Å². The third-order valence-corrected chi connectivity index (χ3v) is 4.63. The molecule has 0 aliphatic heterocycles. The lowest BCUT2D eigenvalue weighted by atomic mass is 10.1. The second kappa shape index (κ2) is 11.6. The smallest absolute Gasteiger partial charge is 0.193 e. The summed E-state index contributed by atoms with van der Waals surface area (Å²) in [6, 6.07) is 18.5. The molecule has 1 heterocycles. The topological polar surface area (TPSA) is 49.8 Å². The Balaban J connectivity index is 0.00000300. The van der Waals surface area contributed by atoms with Gasteiger partial charge in [-0.25, -0.2) is 0 Å². The number of aromatic nitrogens is 1. The van der Waals surface area contributed by atoms with Gasteiger partial charge in [-0.1, -0.05) is 36.4 Å². The van der Waals surface area contributed by atoms with Gasteiger partial charge in [0.25, 0.3) is 0 Å². The minimum absolute atomic E-state index is 0. The van der Waals surface area contributed by atoms with E-state index in [-0.39, 0.29) is 24.0 Å². The molecule has 0 unspecified atom stereocenters. The number of ether oxygens (including phenoxy) is 1. The van der Waals surface area contributed by atoms with Crippen molar-refractivity contribution >= 4 is 40.8 Å². The summed E-state index contributed by atoms with van der Waals surface area (Å²) in [4.78, 5) is 11.5. The molecular weight excluding hydrogens is 475 g/mol. The molecule has 0 aliphatic rings. The molecule has 0 saturated carbocycles. The molecule has 5 nitrogen and oxygen atoms in total. The number of hydrogen-bond donors (Lipinski definition) is 1. The molecule has 0 spiro atoms. The Bertz CT molecular complexity index is 922. The Morgan fingerprint density at radius 1 is 1.10 bits per heavy atom. The number of aliphatic imine (C=N–C) groups is 1. The number of pyridine rings is 1. The van der Waals surface area contributed by atoms with Crippen LogP contribution in [0.2, 0.25) is 0 Å². The van der Waals surface area contributed by atoms with Crippen LogP contribution in [0.25, 0.3) is 10.9 Å². The summed E-state index contributed by atoms with van der Waals surface area (Å²) in [5.74, 6) is 1.78. The maximum atomic E-state index is 5.23. The van der Waals surface area contributed by atoms with Crippen LogP contribution in [0.1, 0.15) is 18.1 Å². The number of para-hydroxylation sites is 1. The van der Waals surface area contributed by atoms with Crippen LogP contribution in [0.15, 0.2) is 65.8 Å². The second-order valence-corrected chi connectivity index (χ2v) is 6.68. The molecule has 3 aromatic rings. The van der Waals surface area contributed by atoms with Gasteiger partial charge < -0.3 is 15.0 Å². The molecule has 29 heavy (non-hydrogen) atoms. The van der Waals surface area contributed by atoms with Gasteiger partial charge >= 0.3 is 0 Å². The highest BCUT2D eigenvalue weighted by atomic mass is 127. The van der Waals surface area contributed by atoms with Crippen molar-refractivity contribution in [1.29, 1.82) is 0 Å². The molecule has 1 aromatic heterocycles. The van der Waals surface area contributed by atoms with Crippen LogP contribution in [0, 0.1) is 0 Å². The Labute approximate surface area is 190 Å². The maximum absolute atomic E-state index is 5.23. The van der Waals surface area contributed by atoms with Crippen LogP contribution < -0.4 is 10.1 Å². The summed E-state index contributed by atoms with van der Waals surface area (Å²) >= 11 is 0. The van der Waals surface area contributed by atoms with E-state index in [4.69, 9.17) is 9.73 Å². The van der Waals surface area contributed by atoms with Gasteiger partial charge in [-0.2, -0.15) is 0 Å². The lowest BCUT2D eigenvalue weighted by Gasteiger charge is -2.22. The van der Waals surface area contributed by atoms with Gasteiger partial charge in [0.05, 0.1) is 12.6 Å². The van der Waals surface area contributed by atoms with Crippen LogP contribution in [0.4, 0.5) is 0 Å². The monoisotopic (exact) mass is 504 g/mol. The van der Waals surface area contributed by atoms with E-state index < -0.39 is 0 Å². The fraction of sp³-hybridized carbons (Fsp3) is 0.304. The fourth-order valence-corrected chi connectivity index (χ4v) is 3.20. The molecule has 0 bridgehead atoms. The van der Waals surface area contributed by atoms with Gasteiger partial charge in [-0.15, -0.1) is 24.0 Å². The summed E-state index contributed by atoms with van der Waals surface area (Å²) in [5.41, 5.74) is 3.51.